The average Bonchev–Trinajstić information content (AvgIpc) is 3.14. The summed E-state index contributed by atoms with van der Waals surface area (Å²) in [6.07, 6.45) is 9.57. The summed E-state index contributed by atoms with van der Waals surface area (Å²) in [5, 5.41) is 14.4. The number of carbonyl (C=O) groups is 1. The van der Waals surface area contributed by atoms with Gasteiger partial charge < -0.3 is 5.32 Å². The molecule has 1 aliphatic rings. The smallest absolute Gasteiger partial charge is 0.244 e. The fraction of sp³-hybridized carbons (Fsp3) is 0.571. The van der Waals surface area contributed by atoms with Gasteiger partial charge in [-0.05, 0) is 6.92 Å². The first-order chi connectivity index (χ1) is 11.3. The van der Waals surface area contributed by atoms with Crippen molar-refractivity contribution in [1.29, 1.82) is 0 Å². The van der Waals surface area contributed by atoms with Crippen LogP contribution in [-0.2, 0) is 21.9 Å². The maximum atomic E-state index is 12.1. The van der Waals surface area contributed by atoms with Crippen molar-refractivity contribution in [2.75, 3.05) is 6.54 Å². The van der Waals surface area contributed by atoms with Crippen molar-refractivity contribution in [3.63, 3.8) is 0 Å². The number of nitrogens with one attached hydrogen (secondary N) is 2. The third-order valence-corrected chi connectivity index (χ3v) is 5.09. The molecule has 0 radical (unpaired) electrons. The quantitative estimate of drug-likeness (QED) is 0.616. The molecule has 130 valence electrons. The largest absolute Gasteiger partial charge is 0.355 e. The standard InChI is InChI=1S/C14H20N6O3S/c1-4-5-6-14(18-19-14)7-8-15-13(21)11(2)17-24(22,23)12-9-16-20(3)10-12/h1,9-11,17H,5-8H2,2-3H3,(H,15,21). The minimum absolute atomic E-state index is 0.00784. The zero-order valence-electron chi connectivity index (χ0n) is 13.6. The number of hydrogen-bond donors (Lipinski definition) is 2. The maximum Gasteiger partial charge on any atom is 0.244 e. The van der Waals surface area contributed by atoms with Crippen molar-refractivity contribution in [3.05, 3.63) is 12.4 Å². The van der Waals surface area contributed by atoms with Crippen LogP contribution in [0.5, 0.6) is 0 Å². The van der Waals surface area contributed by atoms with Crippen LogP contribution in [0, 0.1) is 12.3 Å². The molecule has 0 aromatic carbocycles. The molecule has 1 aliphatic heterocycles. The van der Waals surface area contributed by atoms with E-state index in [1.807, 2.05) is 0 Å². The van der Waals surface area contributed by atoms with Gasteiger partial charge in [-0.15, -0.1) is 12.3 Å². The number of nitrogens with zero attached hydrogens (tertiary/aromatic N) is 4. The van der Waals surface area contributed by atoms with Crippen LogP contribution in [0.3, 0.4) is 0 Å². The highest BCUT2D eigenvalue weighted by molar-refractivity contribution is 7.89. The first kappa shape index (κ1) is 18.1. The lowest BCUT2D eigenvalue weighted by molar-refractivity contribution is -0.122. The van der Waals surface area contributed by atoms with E-state index in [1.165, 1.54) is 24.0 Å². The van der Waals surface area contributed by atoms with E-state index in [-0.39, 0.29) is 4.90 Å². The molecule has 24 heavy (non-hydrogen) atoms. The van der Waals surface area contributed by atoms with Crippen LogP contribution in [0.2, 0.25) is 0 Å². The van der Waals surface area contributed by atoms with Gasteiger partial charge in [-0.3, -0.25) is 9.48 Å². The Morgan fingerprint density at radius 2 is 2.17 bits per heavy atom. The molecule has 1 aromatic rings. The summed E-state index contributed by atoms with van der Waals surface area (Å²) < 4.78 is 27.9. The van der Waals surface area contributed by atoms with E-state index >= 15 is 0 Å². The molecule has 0 fully saturated rings. The molecule has 1 amide bonds. The van der Waals surface area contributed by atoms with Gasteiger partial charge in [-0.1, -0.05) is 0 Å². The van der Waals surface area contributed by atoms with Gasteiger partial charge in [0.1, 0.15) is 4.90 Å². The van der Waals surface area contributed by atoms with Crippen LogP contribution in [0.4, 0.5) is 0 Å². The Hall–Kier alpha value is -2.25. The Balaban J connectivity index is 1.79. The number of rotatable bonds is 9. The van der Waals surface area contributed by atoms with Crippen molar-refractivity contribution in [1.82, 2.24) is 19.8 Å². The predicted molar refractivity (Wildman–Crippen MR) is 86.3 cm³/mol. The predicted octanol–water partition coefficient (Wildman–Crippen LogP) is 0.169. The van der Waals surface area contributed by atoms with Gasteiger partial charge in [0.05, 0.1) is 12.2 Å². The molecule has 1 atom stereocenters. The van der Waals surface area contributed by atoms with Crippen LogP contribution >= 0.6 is 0 Å². The molecule has 0 bridgehead atoms. The SMILES string of the molecule is C#CCCC1(CCNC(=O)C(C)NS(=O)(=O)c2cnn(C)c2)N=N1. The lowest BCUT2D eigenvalue weighted by atomic mass is 10.0. The lowest BCUT2D eigenvalue weighted by Gasteiger charge is -2.15. The molecule has 10 heteroatoms. The summed E-state index contributed by atoms with van der Waals surface area (Å²) in [6, 6.07) is -0.912. The molecule has 1 aromatic heterocycles. The summed E-state index contributed by atoms with van der Waals surface area (Å²) >= 11 is 0. The minimum Gasteiger partial charge on any atom is -0.355 e. The van der Waals surface area contributed by atoms with Gasteiger partial charge in [0.25, 0.3) is 0 Å². The van der Waals surface area contributed by atoms with Crippen LogP contribution < -0.4 is 10.0 Å². The Bertz CT molecular complexity index is 771. The van der Waals surface area contributed by atoms with Gasteiger partial charge in [0.15, 0.2) is 5.66 Å². The minimum atomic E-state index is -3.79. The molecular weight excluding hydrogens is 332 g/mol. The van der Waals surface area contributed by atoms with Gasteiger partial charge in [0.2, 0.25) is 15.9 Å². The van der Waals surface area contributed by atoms with E-state index in [0.29, 0.717) is 25.8 Å². The number of aromatic nitrogens is 2. The molecule has 0 saturated carbocycles. The monoisotopic (exact) mass is 352 g/mol. The molecule has 0 aliphatic carbocycles. The van der Waals surface area contributed by atoms with E-state index in [9.17, 15) is 13.2 Å². The van der Waals surface area contributed by atoms with E-state index in [2.05, 4.69) is 31.3 Å². The van der Waals surface area contributed by atoms with E-state index in [0.717, 1.165) is 0 Å². The summed E-state index contributed by atoms with van der Waals surface area (Å²) in [7, 11) is -2.18. The summed E-state index contributed by atoms with van der Waals surface area (Å²) in [6.45, 7) is 1.82. The van der Waals surface area contributed by atoms with Gasteiger partial charge in [-0.2, -0.15) is 20.0 Å². The Kier molecular flexibility index (Phi) is 5.36. The molecule has 2 heterocycles. The molecular formula is C14H20N6O3S. The number of hydrogen-bond acceptors (Lipinski definition) is 6. The second kappa shape index (κ2) is 7.11. The van der Waals surface area contributed by atoms with Gasteiger partial charge in [0, 0.05) is 39.1 Å². The van der Waals surface area contributed by atoms with Crippen molar-refractivity contribution < 1.29 is 13.2 Å². The number of carbonyl (C=O) groups excluding carboxylic acids is 1. The summed E-state index contributed by atoms with van der Waals surface area (Å²) in [4.78, 5) is 12.0. The fourth-order valence-electron chi connectivity index (χ4n) is 2.10. The van der Waals surface area contributed by atoms with E-state index in [4.69, 9.17) is 6.42 Å². The van der Waals surface area contributed by atoms with Crippen molar-refractivity contribution in [2.24, 2.45) is 17.3 Å². The van der Waals surface area contributed by atoms with Gasteiger partial charge in [-0.25, -0.2) is 8.42 Å². The third kappa shape index (κ3) is 4.62. The van der Waals surface area contributed by atoms with Gasteiger partial charge >= 0.3 is 0 Å². The Labute approximate surface area is 141 Å². The molecule has 1 unspecified atom stereocenters. The third-order valence-electron chi connectivity index (χ3n) is 3.59. The second-order valence-corrected chi connectivity index (χ2v) is 7.33. The van der Waals surface area contributed by atoms with Crippen LogP contribution in [0.25, 0.3) is 0 Å². The lowest BCUT2D eigenvalue weighted by Crippen LogP contribution is -2.45. The zero-order chi connectivity index (χ0) is 17.8. The van der Waals surface area contributed by atoms with Crippen LogP contribution in [-0.4, -0.2) is 42.4 Å². The zero-order valence-corrected chi connectivity index (χ0v) is 14.4. The highest BCUT2D eigenvalue weighted by atomic mass is 32.2. The van der Waals surface area contributed by atoms with Crippen molar-refractivity contribution in [3.8, 4) is 12.3 Å². The van der Waals surface area contributed by atoms with Crippen LogP contribution in [0.15, 0.2) is 27.5 Å². The number of amides is 1. The molecule has 2 N–H and O–H groups in total. The second-order valence-electron chi connectivity index (χ2n) is 5.62. The van der Waals surface area contributed by atoms with E-state index in [1.54, 1.807) is 7.05 Å². The number of aryl methyl sites for hydroxylation is 1. The first-order valence-corrected chi connectivity index (χ1v) is 8.92. The fourth-order valence-corrected chi connectivity index (χ4v) is 3.28. The molecule has 0 spiro atoms. The summed E-state index contributed by atoms with van der Waals surface area (Å²) in [5.41, 5.74) is -0.474. The molecule has 0 saturated heterocycles. The van der Waals surface area contributed by atoms with Crippen LogP contribution in [0.1, 0.15) is 26.2 Å². The van der Waals surface area contributed by atoms with Crippen molar-refractivity contribution in [2.45, 2.75) is 42.8 Å². The normalized spacial score (nSPS) is 16.4. The van der Waals surface area contributed by atoms with Crippen molar-refractivity contribution >= 4 is 15.9 Å². The summed E-state index contributed by atoms with van der Waals surface area (Å²) in [5.74, 6) is 2.11. The highest BCUT2D eigenvalue weighted by Gasteiger charge is 2.38. The van der Waals surface area contributed by atoms with E-state index < -0.39 is 27.6 Å². The maximum absolute atomic E-state index is 12.1. The average molecular weight is 352 g/mol. The highest BCUT2D eigenvalue weighted by Crippen LogP contribution is 2.35. The Morgan fingerprint density at radius 1 is 1.46 bits per heavy atom. The molecule has 2 rings (SSSR count). The molecule has 9 nitrogen and oxygen atoms in total. The Morgan fingerprint density at radius 3 is 2.71 bits per heavy atom. The topological polar surface area (TPSA) is 118 Å². The number of sulfonamides is 1. The number of terminal acetylenes is 1. The first-order valence-electron chi connectivity index (χ1n) is 7.44.